The molecule has 0 unspecified atom stereocenters. The highest BCUT2D eigenvalue weighted by Crippen LogP contribution is 2.30. The smallest absolute Gasteiger partial charge is 0.266 e. The van der Waals surface area contributed by atoms with Gasteiger partial charge in [0.1, 0.15) is 11.6 Å². The number of methoxy groups -OCH3 is 2. The van der Waals surface area contributed by atoms with Gasteiger partial charge in [0, 0.05) is 11.8 Å². The molecule has 5 nitrogen and oxygen atoms in total. The standard InChI is InChI=1S/C20H20N2O3/c1-13-5-6-14(2)15(9-13)10-16(12-21)20(23)22-17-7-8-18(24-3)19(11-17)25-4/h5-11H,1-4H3,(H,22,23)/b16-10+. The zero-order valence-electron chi connectivity index (χ0n) is 14.7. The fourth-order valence-electron chi connectivity index (χ4n) is 2.33. The van der Waals surface area contributed by atoms with Crippen LogP contribution in [0.25, 0.3) is 6.08 Å². The van der Waals surface area contributed by atoms with Crippen molar-refractivity contribution in [1.29, 1.82) is 5.26 Å². The maximum atomic E-state index is 12.4. The van der Waals surface area contributed by atoms with Gasteiger partial charge in [0.05, 0.1) is 14.2 Å². The van der Waals surface area contributed by atoms with Crippen molar-refractivity contribution in [2.24, 2.45) is 0 Å². The average molecular weight is 336 g/mol. The number of nitriles is 1. The van der Waals surface area contributed by atoms with Gasteiger partial charge in [-0.1, -0.05) is 23.8 Å². The number of carbonyl (C=O) groups excluding carboxylic acids is 1. The third-order valence-electron chi connectivity index (χ3n) is 3.74. The summed E-state index contributed by atoms with van der Waals surface area (Å²) in [5, 5.41) is 12.1. The number of hydrogen-bond acceptors (Lipinski definition) is 4. The van der Waals surface area contributed by atoms with Crippen LogP contribution in [0.3, 0.4) is 0 Å². The zero-order valence-corrected chi connectivity index (χ0v) is 14.7. The van der Waals surface area contributed by atoms with Gasteiger partial charge in [0.15, 0.2) is 11.5 Å². The van der Waals surface area contributed by atoms with E-state index in [1.807, 2.05) is 38.1 Å². The van der Waals surface area contributed by atoms with Crippen molar-refractivity contribution >= 4 is 17.7 Å². The van der Waals surface area contributed by atoms with Crippen LogP contribution in [0.5, 0.6) is 11.5 Å². The number of aryl methyl sites for hydroxylation is 2. The first-order valence-corrected chi connectivity index (χ1v) is 7.71. The maximum Gasteiger partial charge on any atom is 0.266 e. The van der Waals surface area contributed by atoms with E-state index < -0.39 is 5.91 Å². The van der Waals surface area contributed by atoms with Crippen molar-refractivity contribution in [1.82, 2.24) is 0 Å². The molecule has 5 heteroatoms. The number of rotatable bonds is 5. The monoisotopic (exact) mass is 336 g/mol. The van der Waals surface area contributed by atoms with E-state index in [2.05, 4.69) is 5.32 Å². The summed E-state index contributed by atoms with van der Waals surface area (Å²) in [4.78, 5) is 12.4. The molecule has 2 aromatic rings. The Bertz CT molecular complexity index is 864. The molecule has 0 saturated heterocycles. The Labute approximate surface area is 147 Å². The molecule has 2 rings (SSSR count). The largest absolute Gasteiger partial charge is 0.493 e. The minimum Gasteiger partial charge on any atom is -0.493 e. The second-order valence-electron chi connectivity index (χ2n) is 5.55. The minimum absolute atomic E-state index is 0.0310. The molecular weight excluding hydrogens is 316 g/mol. The molecule has 0 bridgehead atoms. The highest BCUT2D eigenvalue weighted by Gasteiger charge is 2.12. The van der Waals surface area contributed by atoms with Crippen LogP contribution in [0.15, 0.2) is 42.0 Å². The summed E-state index contributed by atoms with van der Waals surface area (Å²) < 4.78 is 10.4. The summed E-state index contributed by atoms with van der Waals surface area (Å²) in [6, 6.07) is 12.9. The Hall–Kier alpha value is -3.26. The van der Waals surface area contributed by atoms with E-state index >= 15 is 0 Å². The van der Waals surface area contributed by atoms with Crippen LogP contribution in [-0.4, -0.2) is 20.1 Å². The van der Waals surface area contributed by atoms with Crippen LogP contribution >= 0.6 is 0 Å². The van der Waals surface area contributed by atoms with Crippen molar-refractivity contribution in [2.75, 3.05) is 19.5 Å². The van der Waals surface area contributed by atoms with Gasteiger partial charge in [-0.3, -0.25) is 4.79 Å². The summed E-state index contributed by atoms with van der Waals surface area (Å²) in [5.41, 5.74) is 3.46. The lowest BCUT2D eigenvalue weighted by Crippen LogP contribution is -2.13. The van der Waals surface area contributed by atoms with Crippen LogP contribution < -0.4 is 14.8 Å². The third-order valence-corrected chi connectivity index (χ3v) is 3.74. The van der Waals surface area contributed by atoms with E-state index in [1.54, 1.807) is 24.3 Å². The molecular formula is C20H20N2O3. The molecule has 0 aliphatic carbocycles. The number of nitrogens with one attached hydrogen (secondary N) is 1. The number of amides is 1. The quantitative estimate of drug-likeness (QED) is 0.665. The van der Waals surface area contributed by atoms with Crippen molar-refractivity contribution in [2.45, 2.75) is 13.8 Å². The highest BCUT2D eigenvalue weighted by atomic mass is 16.5. The topological polar surface area (TPSA) is 71.3 Å². The van der Waals surface area contributed by atoms with E-state index in [1.165, 1.54) is 14.2 Å². The van der Waals surface area contributed by atoms with Gasteiger partial charge in [0.25, 0.3) is 5.91 Å². The lowest BCUT2D eigenvalue weighted by atomic mass is 10.0. The summed E-state index contributed by atoms with van der Waals surface area (Å²) in [7, 11) is 3.06. The molecule has 0 heterocycles. The molecule has 0 spiro atoms. The number of ether oxygens (including phenoxy) is 2. The highest BCUT2D eigenvalue weighted by molar-refractivity contribution is 6.09. The fourth-order valence-corrected chi connectivity index (χ4v) is 2.33. The van der Waals surface area contributed by atoms with E-state index in [0.29, 0.717) is 17.2 Å². The fraction of sp³-hybridized carbons (Fsp3) is 0.200. The molecule has 2 aromatic carbocycles. The molecule has 1 N–H and O–H groups in total. The lowest BCUT2D eigenvalue weighted by Gasteiger charge is -2.10. The Kier molecular flexibility index (Phi) is 5.80. The molecule has 0 aliphatic rings. The van der Waals surface area contributed by atoms with Crippen molar-refractivity contribution in [3.8, 4) is 17.6 Å². The predicted octanol–water partition coefficient (Wildman–Crippen LogP) is 3.87. The molecule has 0 atom stereocenters. The molecule has 0 aliphatic heterocycles. The van der Waals surface area contributed by atoms with Gasteiger partial charge in [-0.2, -0.15) is 5.26 Å². The van der Waals surface area contributed by atoms with Crippen LogP contribution in [0.4, 0.5) is 5.69 Å². The number of hydrogen-bond donors (Lipinski definition) is 1. The second-order valence-corrected chi connectivity index (χ2v) is 5.55. The molecule has 128 valence electrons. The first-order chi connectivity index (χ1) is 12.0. The third kappa shape index (κ3) is 4.39. The number of benzene rings is 2. The van der Waals surface area contributed by atoms with Crippen LogP contribution in [0.1, 0.15) is 16.7 Å². The summed E-state index contributed by atoms with van der Waals surface area (Å²) in [6.45, 7) is 3.90. The van der Waals surface area contributed by atoms with Gasteiger partial charge in [-0.15, -0.1) is 0 Å². The first-order valence-electron chi connectivity index (χ1n) is 7.71. The molecule has 1 amide bonds. The molecule has 0 fully saturated rings. The SMILES string of the molecule is COc1ccc(NC(=O)/C(C#N)=C/c2cc(C)ccc2C)cc1OC. The summed E-state index contributed by atoms with van der Waals surface area (Å²) in [5.74, 6) is 0.583. The van der Waals surface area contributed by atoms with E-state index in [4.69, 9.17) is 9.47 Å². The van der Waals surface area contributed by atoms with Gasteiger partial charge < -0.3 is 14.8 Å². The lowest BCUT2D eigenvalue weighted by molar-refractivity contribution is -0.112. The second kappa shape index (κ2) is 8.02. The van der Waals surface area contributed by atoms with Gasteiger partial charge in [-0.05, 0) is 43.2 Å². The molecule has 25 heavy (non-hydrogen) atoms. The first kappa shape index (κ1) is 18.1. The zero-order chi connectivity index (χ0) is 18.4. The van der Waals surface area contributed by atoms with Crippen molar-refractivity contribution in [3.63, 3.8) is 0 Å². The number of anilines is 1. The Morgan fingerprint density at radius 1 is 1.08 bits per heavy atom. The Balaban J connectivity index is 2.28. The van der Waals surface area contributed by atoms with Crippen LogP contribution in [0, 0.1) is 25.2 Å². The number of carbonyl (C=O) groups is 1. The van der Waals surface area contributed by atoms with Gasteiger partial charge in [-0.25, -0.2) is 0 Å². The van der Waals surface area contributed by atoms with E-state index in [9.17, 15) is 10.1 Å². The Morgan fingerprint density at radius 3 is 2.44 bits per heavy atom. The summed E-state index contributed by atoms with van der Waals surface area (Å²) in [6.07, 6.45) is 1.60. The van der Waals surface area contributed by atoms with Crippen LogP contribution in [-0.2, 0) is 4.79 Å². The van der Waals surface area contributed by atoms with Gasteiger partial charge in [0.2, 0.25) is 0 Å². The van der Waals surface area contributed by atoms with Crippen LogP contribution in [0.2, 0.25) is 0 Å². The minimum atomic E-state index is -0.476. The normalized spacial score (nSPS) is 10.8. The average Bonchev–Trinajstić information content (AvgIpc) is 2.62. The van der Waals surface area contributed by atoms with Crippen molar-refractivity contribution < 1.29 is 14.3 Å². The molecule has 0 aromatic heterocycles. The summed E-state index contributed by atoms with van der Waals surface area (Å²) >= 11 is 0. The van der Waals surface area contributed by atoms with Gasteiger partial charge >= 0.3 is 0 Å². The Morgan fingerprint density at radius 2 is 1.80 bits per heavy atom. The predicted molar refractivity (Wildman–Crippen MR) is 97.7 cm³/mol. The van der Waals surface area contributed by atoms with Crippen molar-refractivity contribution in [3.05, 3.63) is 58.7 Å². The number of nitrogens with zero attached hydrogens (tertiary/aromatic N) is 1. The molecule has 0 saturated carbocycles. The van der Waals surface area contributed by atoms with E-state index in [0.717, 1.165) is 16.7 Å². The van der Waals surface area contributed by atoms with E-state index in [-0.39, 0.29) is 5.57 Å². The maximum absolute atomic E-state index is 12.4. The molecule has 0 radical (unpaired) electrons.